The summed E-state index contributed by atoms with van der Waals surface area (Å²) in [5.41, 5.74) is 0.241. The van der Waals surface area contributed by atoms with E-state index >= 15 is 0 Å². The largest absolute Gasteiger partial charge is 0.497 e. The zero-order chi connectivity index (χ0) is 22.8. The molecule has 0 unspecified atom stereocenters. The molecule has 2 aromatic carbocycles. The van der Waals surface area contributed by atoms with Gasteiger partial charge in [0.2, 0.25) is 5.91 Å². The monoisotopic (exact) mass is 446 g/mol. The lowest BCUT2D eigenvalue weighted by atomic mass is 9.92. The van der Waals surface area contributed by atoms with Crippen LogP contribution in [0.4, 0.5) is 11.4 Å². The van der Waals surface area contributed by atoms with E-state index in [0.29, 0.717) is 35.3 Å². The lowest BCUT2D eigenvalue weighted by Crippen LogP contribution is -2.42. The Morgan fingerprint density at radius 3 is 2.61 bits per heavy atom. The van der Waals surface area contributed by atoms with Crippen molar-refractivity contribution in [1.29, 1.82) is 0 Å². The molecule has 2 aromatic rings. The molecule has 168 valence electrons. The van der Waals surface area contributed by atoms with E-state index in [0.717, 1.165) is 6.42 Å². The van der Waals surface area contributed by atoms with Crippen molar-refractivity contribution in [2.24, 2.45) is 11.3 Å². The number of ether oxygens (including phenoxy) is 2. The van der Waals surface area contributed by atoms with Gasteiger partial charge in [0.15, 0.2) is 0 Å². The summed E-state index contributed by atoms with van der Waals surface area (Å²) in [5.74, 6) is 1.39. The second-order valence-corrected chi connectivity index (χ2v) is 10.5. The number of benzene rings is 2. The average Bonchev–Trinajstić information content (AvgIpc) is 2.81. The van der Waals surface area contributed by atoms with Crippen molar-refractivity contribution in [2.75, 3.05) is 29.9 Å². The summed E-state index contributed by atoms with van der Waals surface area (Å²) in [6, 6.07) is 11.3. The van der Waals surface area contributed by atoms with Crippen LogP contribution in [0.25, 0.3) is 0 Å². The Morgan fingerprint density at radius 1 is 1.19 bits per heavy atom. The molecule has 0 fully saturated rings. The van der Waals surface area contributed by atoms with Gasteiger partial charge in [-0.3, -0.25) is 9.52 Å². The smallest absolute Gasteiger partial charge is 0.262 e. The summed E-state index contributed by atoms with van der Waals surface area (Å²) in [7, 11) is -2.35. The summed E-state index contributed by atoms with van der Waals surface area (Å²) >= 11 is 0. The Morgan fingerprint density at radius 2 is 1.94 bits per heavy atom. The van der Waals surface area contributed by atoms with Gasteiger partial charge in [-0.1, -0.05) is 19.9 Å². The topological polar surface area (TPSA) is 84.9 Å². The molecule has 7 nitrogen and oxygen atoms in total. The lowest BCUT2D eigenvalue weighted by Gasteiger charge is -2.28. The number of methoxy groups -OCH3 is 1. The first-order valence-corrected chi connectivity index (χ1v) is 11.8. The van der Waals surface area contributed by atoms with Crippen LogP contribution in [-0.2, 0) is 14.8 Å². The van der Waals surface area contributed by atoms with Gasteiger partial charge in [0.1, 0.15) is 18.1 Å². The van der Waals surface area contributed by atoms with Crippen LogP contribution < -0.4 is 19.1 Å². The van der Waals surface area contributed by atoms with Crippen molar-refractivity contribution in [2.45, 2.75) is 39.0 Å². The minimum Gasteiger partial charge on any atom is -0.497 e. The number of amides is 1. The third kappa shape index (κ3) is 5.12. The van der Waals surface area contributed by atoms with Gasteiger partial charge in [0.05, 0.1) is 28.8 Å². The Balaban J connectivity index is 1.97. The Bertz CT molecular complexity index is 1060. The number of hydrogen-bond acceptors (Lipinski definition) is 5. The fourth-order valence-electron chi connectivity index (χ4n) is 3.30. The molecule has 0 aromatic heterocycles. The molecule has 0 bridgehead atoms. The van der Waals surface area contributed by atoms with Crippen molar-refractivity contribution in [1.82, 2.24) is 0 Å². The number of rotatable bonds is 7. The van der Waals surface area contributed by atoms with E-state index in [4.69, 9.17) is 9.47 Å². The van der Waals surface area contributed by atoms with Crippen LogP contribution in [0.15, 0.2) is 47.4 Å². The molecule has 0 spiro atoms. The molecule has 0 saturated carbocycles. The molecule has 1 aliphatic rings. The van der Waals surface area contributed by atoms with Crippen molar-refractivity contribution in [3.05, 3.63) is 42.5 Å². The van der Waals surface area contributed by atoms with Crippen LogP contribution in [0, 0.1) is 11.3 Å². The number of sulfonamides is 1. The fraction of sp³-hybridized carbons (Fsp3) is 0.435. The third-order valence-corrected chi connectivity index (χ3v) is 6.58. The maximum absolute atomic E-state index is 13.2. The van der Waals surface area contributed by atoms with Crippen molar-refractivity contribution >= 4 is 27.3 Å². The fourth-order valence-corrected chi connectivity index (χ4v) is 4.38. The number of carbonyl (C=O) groups is 1. The maximum Gasteiger partial charge on any atom is 0.262 e. The number of nitrogens with one attached hydrogen (secondary N) is 1. The van der Waals surface area contributed by atoms with Gasteiger partial charge in [-0.2, -0.15) is 0 Å². The molecule has 1 heterocycles. The van der Waals surface area contributed by atoms with Crippen LogP contribution in [0.1, 0.15) is 34.1 Å². The molecule has 0 atom stereocenters. The van der Waals surface area contributed by atoms with E-state index in [9.17, 15) is 13.2 Å². The Hall–Kier alpha value is -2.74. The maximum atomic E-state index is 13.2. The van der Waals surface area contributed by atoms with Crippen LogP contribution >= 0.6 is 0 Å². The third-order valence-electron chi connectivity index (χ3n) is 5.20. The van der Waals surface area contributed by atoms with Crippen LogP contribution in [-0.4, -0.2) is 34.6 Å². The van der Waals surface area contributed by atoms with Gasteiger partial charge < -0.3 is 14.4 Å². The SMILES string of the molecule is COc1cccc(S(=O)(=O)Nc2ccc3c(c2)N(CCC(C)C)C(=O)C(C)(C)CO3)c1. The molecular formula is C23H30N2O5S. The Labute approximate surface area is 184 Å². The number of hydrogen-bond donors (Lipinski definition) is 1. The first kappa shape index (κ1) is 22.9. The highest BCUT2D eigenvalue weighted by Crippen LogP contribution is 2.39. The number of nitrogens with zero attached hydrogens (tertiary/aromatic N) is 1. The van der Waals surface area contributed by atoms with Gasteiger partial charge >= 0.3 is 0 Å². The summed E-state index contributed by atoms with van der Waals surface area (Å²) in [5, 5.41) is 0. The minimum atomic E-state index is -3.84. The van der Waals surface area contributed by atoms with E-state index in [2.05, 4.69) is 18.6 Å². The van der Waals surface area contributed by atoms with E-state index < -0.39 is 15.4 Å². The summed E-state index contributed by atoms with van der Waals surface area (Å²) < 4.78 is 39.4. The average molecular weight is 447 g/mol. The second kappa shape index (κ2) is 8.78. The summed E-state index contributed by atoms with van der Waals surface area (Å²) in [6.45, 7) is 8.70. The van der Waals surface area contributed by atoms with Gasteiger partial charge in [0.25, 0.3) is 10.0 Å². The highest BCUT2D eigenvalue weighted by atomic mass is 32.2. The van der Waals surface area contributed by atoms with Gasteiger partial charge in [0, 0.05) is 12.6 Å². The Kier molecular flexibility index (Phi) is 6.50. The highest BCUT2D eigenvalue weighted by Gasteiger charge is 2.37. The van der Waals surface area contributed by atoms with Gasteiger partial charge in [-0.25, -0.2) is 8.42 Å². The number of fused-ring (bicyclic) bond motifs is 1. The van der Waals surface area contributed by atoms with E-state index in [1.165, 1.54) is 19.2 Å². The zero-order valence-corrected chi connectivity index (χ0v) is 19.5. The van der Waals surface area contributed by atoms with Crippen molar-refractivity contribution in [3.63, 3.8) is 0 Å². The predicted molar refractivity (Wildman–Crippen MR) is 121 cm³/mol. The normalized spacial score (nSPS) is 15.8. The number of carbonyl (C=O) groups excluding carboxylic acids is 1. The molecule has 0 aliphatic carbocycles. The predicted octanol–water partition coefficient (Wildman–Crippen LogP) is 4.29. The molecule has 1 amide bonds. The number of anilines is 2. The zero-order valence-electron chi connectivity index (χ0n) is 18.6. The molecular weight excluding hydrogens is 416 g/mol. The minimum absolute atomic E-state index is 0.0419. The first-order valence-electron chi connectivity index (χ1n) is 10.3. The van der Waals surface area contributed by atoms with Gasteiger partial charge in [-0.05, 0) is 56.5 Å². The molecule has 1 N–H and O–H groups in total. The quantitative estimate of drug-likeness (QED) is 0.686. The molecule has 0 saturated heterocycles. The van der Waals surface area contributed by atoms with Gasteiger partial charge in [-0.15, -0.1) is 0 Å². The highest BCUT2D eigenvalue weighted by molar-refractivity contribution is 7.92. The van der Waals surface area contributed by atoms with Crippen molar-refractivity contribution in [3.8, 4) is 11.5 Å². The summed E-state index contributed by atoms with van der Waals surface area (Å²) in [4.78, 5) is 15.0. The standard InChI is InChI=1S/C23H30N2O5S/c1-16(2)11-12-25-20-13-17(9-10-21(20)30-15-23(3,4)22(25)26)24-31(27,28)19-8-6-7-18(14-19)29-5/h6-10,13-14,16,24H,11-12,15H2,1-5H3. The van der Waals surface area contributed by atoms with E-state index in [-0.39, 0.29) is 17.4 Å². The van der Waals surface area contributed by atoms with Crippen LogP contribution in [0.5, 0.6) is 11.5 Å². The summed E-state index contributed by atoms with van der Waals surface area (Å²) in [6.07, 6.45) is 0.820. The second-order valence-electron chi connectivity index (χ2n) is 8.78. The van der Waals surface area contributed by atoms with Crippen LogP contribution in [0.3, 0.4) is 0 Å². The molecule has 31 heavy (non-hydrogen) atoms. The lowest BCUT2D eigenvalue weighted by molar-refractivity contribution is -0.127. The van der Waals surface area contributed by atoms with Crippen LogP contribution in [0.2, 0.25) is 0 Å². The van der Waals surface area contributed by atoms with Crippen molar-refractivity contribution < 1.29 is 22.7 Å². The first-order chi connectivity index (χ1) is 14.5. The van der Waals surface area contributed by atoms with E-state index in [1.54, 1.807) is 35.2 Å². The molecule has 1 aliphatic heterocycles. The van der Waals surface area contributed by atoms with E-state index in [1.807, 2.05) is 13.8 Å². The molecule has 8 heteroatoms. The molecule has 0 radical (unpaired) electrons. The molecule has 3 rings (SSSR count).